The van der Waals surface area contributed by atoms with Crippen LogP contribution in [0.4, 0.5) is 8.78 Å². The molecule has 2 aromatic carbocycles. The molecule has 2 aliphatic heterocycles. The summed E-state index contributed by atoms with van der Waals surface area (Å²) in [6.07, 6.45) is 1.54. The Kier molecular flexibility index (Phi) is 7.51. The summed E-state index contributed by atoms with van der Waals surface area (Å²) in [7, 11) is 1.64. The third-order valence-electron chi connectivity index (χ3n) is 7.87. The lowest BCUT2D eigenvalue weighted by molar-refractivity contribution is -0.136. The van der Waals surface area contributed by atoms with Crippen LogP contribution >= 0.6 is 0 Å². The third kappa shape index (κ3) is 5.31. The van der Waals surface area contributed by atoms with Crippen LogP contribution in [-0.4, -0.2) is 60.4 Å². The van der Waals surface area contributed by atoms with Crippen molar-refractivity contribution >= 4 is 11.8 Å². The molecule has 2 fully saturated rings. The van der Waals surface area contributed by atoms with Gasteiger partial charge < -0.3 is 10.2 Å². The highest BCUT2D eigenvalue weighted by molar-refractivity contribution is 5.96. The number of piperidine rings is 1. The Labute approximate surface area is 212 Å². The molecule has 2 atom stereocenters. The molecule has 0 saturated carbocycles. The number of benzene rings is 2. The quantitative estimate of drug-likeness (QED) is 0.657. The van der Waals surface area contributed by atoms with Gasteiger partial charge in [-0.15, -0.1) is 0 Å². The highest BCUT2D eigenvalue weighted by Crippen LogP contribution is 2.39. The largest absolute Gasteiger partial charge is 0.355 e. The fourth-order valence-corrected chi connectivity index (χ4v) is 5.72. The number of carbonyl (C=O) groups excluding carboxylic acids is 2. The predicted octanol–water partition coefficient (Wildman–Crippen LogP) is 4.85. The Bertz CT molecular complexity index is 1140. The number of hydrogen-bond acceptors (Lipinski definition) is 3. The van der Waals surface area contributed by atoms with E-state index in [1.54, 1.807) is 7.05 Å². The van der Waals surface area contributed by atoms with E-state index in [-0.39, 0.29) is 35.1 Å². The normalized spacial score (nSPS) is 21.6. The molecule has 2 saturated heterocycles. The first-order chi connectivity index (χ1) is 17.0. The van der Waals surface area contributed by atoms with Gasteiger partial charge in [0.2, 0.25) is 5.91 Å². The third-order valence-corrected chi connectivity index (χ3v) is 7.87. The van der Waals surface area contributed by atoms with Crippen molar-refractivity contribution in [2.24, 2.45) is 5.92 Å². The molecule has 0 bridgehead atoms. The van der Waals surface area contributed by atoms with Crippen LogP contribution in [0.5, 0.6) is 0 Å². The average molecular weight is 498 g/mol. The molecule has 0 radical (unpaired) electrons. The lowest BCUT2D eigenvalue weighted by Crippen LogP contribution is -2.44. The topological polar surface area (TPSA) is 52.7 Å². The smallest absolute Gasteiger partial charge is 0.251 e. The van der Waals surface area contributed by atoms with Crippen LogP contribution in [0.15, 0.2) is 36.4 Å². The van der Waals surface area contributed by atoms with Crippen LogP contribution in [0.1, 0.15) is 72.5 Å². The summed E-state index contributed by atoms with van der Waals surface area (Å²) in [5.74, 6) is -1.78. The second kappa shape index (κ2) is 10.3. The number of nitrogens with one attached hydrogen (secondary N) is 1. The second-order valence-electron chi connectivity index (χ2n) is 11.2. The van der Waals surface area contributed by atoms with Gasteiger partial charge in [0.25, 0.3) is 5.91 Å². The van der Waals surface area contributed by atoms with E-state index in [0.29, 0.717) is 37.3 Å². The zero-order valence-electron chi connectivity index (χ0n) is 21.9. The van der Waals surface area contributed by atoms with Gasteiger partial charge in [-0.1, -0.05) is 23.8 Å². The van der Waals surface area contributed by atoms with Gasteiger partial charge in [0.15, 0.2) is 0 Å². The minimum atomic E-state index is -0.612. The fourth-order valence-electron chi connectivity index (χ4n) is 5.72. The van der Waals surface area contributed by atoms with Crippen molar-refractivity contribution in [3.05, 3.63) is 70.3 Å². The molecular formula is C29H37F2N3O2. The van der Waals surface area contributed by atoms with E-state index >= 15 is 0 Å². The summed E-state index contributed by atoms with van der Waals surface area (Å²) in [5.41, 5.74) is 3.00. The number of halogens is 2. The molecule has 5 nitrogen and oxygen atoms in total. The Morgan fingerprint density at radius 2 is 1.64 bits per heavy atom. The summed E-state index contributed by atoms with van der Waals surface area (Å²) in [6.45, 7) is 10.5. The van der Waals surface area contributed by atoms with Crippen molar-refractivity contribution in [1.82, 2.24) is 15.1 Å². The van der Waals surface area contributed by atoms with Gasteiger partial charge in [0.1, 0.15) is 11.6 Å². The summed E-state index contributed by atoms with van der Waals surface area (Å²) in [6, 6.07) is 9.66. The van der Waals surface area contributed by atoms with E-state index in [2.05, 4.69) is 31.0 Å². The Balaban J connectivity index is 1.52. The molecule has 194 valence electrons. The van der Waals surface area contributed by atoms with Gasteiger partial charge in [0, 0.05) is 56.3 Å². The highest BCUT2D eigenvalue weighted by Gasteiger charge is 2.44. The molecule has 2 amide bonds. The van der Waals surface area contributed by atoms with Gasteiger partial charge in [-0.25, -0.2) is 8.78 Å². The highest BCUT2D eigenvalue weighted by atomic mass is 19.1. The van der Waals surface area contributed by atoms with Gasteiger partial charge in [-0.3, -0.25) is 14.5 Å². The SMILES string of the molecule is CNC(=O)c1cc(C)ccc1C1CCN(C(=O)[C@@H]2CN(C(C)(C)C)CC2c2ccc(F)cc2F)CC1. The van der Waals surface area contributed by atoms with Crippen molar-refractivity contribution in [2.45, 2.75) is 57.9 Å². The minimum absolute atomic E-state index is 0.0318. The van der Waals surface area contributed by atoms with Crippen LogP contribution in [0, 0.1) is 24.5 Å². The maximum Gasteiger partial charge on any atom is 0.251 e. The van der Waals surface area contributed by atoms with Crippen LogP contribution in [0.25, 0.3) is 0 Å². The Morgan fingerprint density at radius 1 is 0.972 bits per heavy atom. The first-order valence-corrected chi connectivity index (χ1v) is 12.8. The van der Waals surface area contributed by atoms with E-state index < -0.39 is 11.6 Å². The standard InChI is InChI=1S/C29H37F2N3O2/c1-18-6-8-21(23(14-18)27(35)32-5)19-10-12-33(13-11-19)28(36)25-17-34(29(2,3)4)16-24(25)22-9-7-20(30)15-26(22)31/h6-9,14-15,19,24-25H,10-13,16-17H2,1-5H3,(H,32,35)/t24?,25-/m1/s1. The number of likely N-dealkylation sites (tertiary alicyclic amines) is 2. The molecule has 4 rings (SSSR count). The monoisotopic (exact) mass is 497 g/mol. The lowest BCUT2D eigenvalue weighted by atomic mass is 9.84. The van der Waals surface area contributed by atoms with Crippen molar-refractivity contribution in [1.29, 1.82) is 0 Å². The summed E-state index contributed by atoms with van der Waals surface area (Å²) in [4.78, 5) is 30.4. The predicted molar refractivity (Wildman–Crippen MR) is 137 cm³/mol. The zero-order chi connectivity index (χ0) is 26.2. The number of aryl methyl sites for hydroxylation is 1. The minimum Gasteiger partial charge on any atom is -0.355 e. The lowest BCUT2D eigenvalue weighted by Gasteiger charge is -2.35. The van der Waals surface area contributed by atoms with Gasteiger partial charge >= 0.3 is 0 Å². The maximum absolute atomic E-state index is 14.8. The van der Waals surface area contributed by atoms with Crippen molar-refractivity contribution in [3.8, 4) is 0 Å². The van der Waals surface area contributed by atoms with Gasteiger partial charge in [0.05, 0.1) is 5.92 Å². The van der Waals surface area contributed by atoms with E-state index in [1.165, 1.54) is 12.1 Å². The summed E-state index contributed by atoms with van der Waals surface area (Å²) in [5, 5.41) is 2.73. The molecule has 7 heteroatoms. The van der Waals surface area contributed by atoms with Crippen molar-refractivity contribution < 1.29 is 18.4 Å². The molecule has 2 aliphatic rings. The number of rotatable bonds is 4. The number of hydrogen-bond donors (Lipinski definition) is 1. The Hall–Kier alpha value is -2.80. The molecule has 0 aliphatic carbocycles. The summed E-state index contributed by atoms with van der Waals surface area (Å²) < 4.78 is 28.4. The first kappa shape index (κ1) is 26.3. The van der Waals surface area contributed by atoms with Crippen molar-refractivity contribution in [3.63, 3.8) is 0 Å². The molecule has 36 heavy (non-hydrogen) atoms. The maximum atomic E-state index is 14.8. The molecule has 2 aromatic rings. The van der Waals surface area contributed by atoms with Gasteiger partial charge in [-0.05, 0) is 69.7 Å². The van der Waals surface area contributed by atoms with E-state index in [4.69, 9.17) is 0 Å². The van der Waals surface area contributed by atoms with Gasteiger partial charge in [-0.2, -0.15) is 0 Å². The van der Waals surface area contributed by atoms with Crippen molar-refractivity contribution in [2.75, 3.05) is 33.2 Å². The van der Waals surface area contributed by atoms with Crippen LogP contribution < -0.4 is 5.32 Å². The van der Waals surface area contributed by atoms with Crippen LogP contribution in [-0.2, 0) is 4.79 Å². The molecule has 0 aromatic heterocycles. The van der Waals surface area contributed by atoms with Crippen LogP contribution in [0.3, 0.4) is 0 Å². The first-order valence-electron chi connectivity index (χ1n) is 12.8. The number of nitrogens with zero attached hydrogens (tertiary/aromatic N) is 2. The summed E-state index contributed by atoms with van der Waals surface area (Å²) >= 11 is 0. The molecule has 2 heterocycles. The molecule has 1 N–H and O–H groups in total. The average Bonchev–Trinajstić information content (AvgIpc) is 3.29. The Morgan fingerprint density at radius 3 is 2.25 bits per heavy atom. The fraction of sp³-hybridized carbons (Fsp3) is 0.517. The van der Waals surface area contributed by atoms with E-state index in [0.717, 1.165) is 30.0 Å². The molecular weight excluding hydrogens is 460 g/mol. The molecule has 0 spiro atoms. The zero-order valence-corrected chi connectivity index (χ0v) is 21.9. The number of amides is 2. The van der Waals surface area contributed by atoms with E-state index in [1.807, 2.05) is 30.0 Å². The van der Waals surface area contributed by atoms with Crippen LogP contribution in [0.2, 0.25) is 0 Å². The number of carbonyl (C=O) groups is 2. The van der Waals surface area contributed by atoms with E-state index in [9.17, 15) is 18.4 Å². The second-order valence-corrected chi connectivity index (χ2v) is 11.2. The molecule has 1 unspecified atom stereocenters.